The number of hydrogen-bond donors (Lipinski definition) is 1. The van der Waals surface area contributed by atoms with Gasteiger partial charge in [-0.3, -0.25) is 0 Å². The first kappa shape index (κ1) is 9.88. The molecule has 0 bridgehead atoms. The van der Waals surface area contributed by atoms with E-state index in [1.807, 2.05) is 7.05 Å². The Kier molecular flexibility index (Phi) is 4.60. The lowest BCUT2D eigenvalue weighted by Gasteiger charge is -1.89. The van der Waals surface area contributed by atoms with E-state index >= 15 is 0 Å². The molecule has 0 spiro atoms. The van der Waals surface area contributed by atoms with Crippen molar-refractivity contribution >= 4 is 23.7 Å². The predicted octanol–water partition coefficient (Wildman–Crippen LogP) is 2.03. The van der Waals surface area contributed by atoms with Crippen molar-refractivity contribution in [3.63, 3.8) is 0 Å². The number of thiophene rings is 1. The molecule has 4 heteroatoms. The standard InChI is InChI=1S/C6H8FNS.ClH/c1-8-4-5-2-3-6(7)9-5;/h2-3,8H,4H2,1H3;1H. The molecule has 1 aromatic heterocycles. The summed E-state index contributed by atoms with van der Waals surface area (Å²) in [5.74, 6) is 0. The lowest BCUT2D eigenvalue weighted by Crippen LogP contribution is -2.02. The second kappa shape index (κ2) is 4.66. The van der Waals surface area contributed by atoms with Gasteiger partial charge in [0.05, 0.1) is 0 Å². The zero-order valence-electron chi connectivity index (χ0n) is 5.56. The maximum atomic E-state index is 12.2. The summed E-state index contributed by atoms with van der Waals surface area (Å²) >= 11 is 1.18. The van der Waals surface area contributed by atoms with Gasteiger partial charge in [0.2, 0.25) is 0 Å². The van der Waals surface area contributed by atoms with E-state index in [1.54, 1.807) is 6.07 Å². The molecular formula is C6H9ClFNS. The third-order valence-corrected chi connectivity index (χ3v) is 1.85. The van der Waals surface area contributed by atoms with E-state index in [0.29, 0.717) is 0 Å². The zero-order chi connectivity index (χ0) is 6.69. The first-order valence-electron chi connectivity index (χ1n) is 2.72. The van der Waals surface area contributed by atoms with Crippen LogP contribution in [0.3, 0.4) is 0 Å². The van der Waals surface area contributed by atoms with Crippen LogP contribution in [0.1, 0.15) is 4.88 Å². The molecular weight excluding hydrogens is 173 g/mol. The predicted molar refractivity (Wildman–Crippen MR) is 44.3 cm³/mol. The molecule has 10 heavy (non-hydrogen) atoms. The third kappa shape index (κ3) is 2.64. The summed E-state index contributed by atoms with van der Waals surface area (Å²) in [4.78, 5) is 1.04. The van der Waals surface area contributed by atoms with Crippen molar-refractivity contribution in [2.24, 2.45) is 0 Å². The smallest absolute Gasteiger partial charge is 0.176 e. The first-order chi connectivity index (χ1) is 4.33. The molecule has 0 unspecified atom stereocenters. The van der Waals surface area contributed by atoms with Gasteiger partial charge < -0.3 is 5.32 Å². The van der Waals surface area contributed by atoms with Crippen LogP contribution in [0.25, 0.3) is 0 Å². The molecule has 1 rings (SSSR count). The van der Waals surface area contributed by atoms with Gasteiger partial charge in [0.25, 0.3) is 0 Å². The lowest BCUT2D eigenvalue weighted by molar-refractivity contribution is 0.657. The van der Waals surface area contributed by atoms with Crippen LogP contribution in [-0.4, -0.2) is 7.05 Å². The van der Waals surface area contributed by atoms with Crippen LogP contribution >= 0.6 is 23.7 Å². The van der Waals surface area contributed by atoms with Crippen LogP contribution in [0.15, 0.2) is 12.1 Å². The van der Waals surface area contributed by atoms with Gasteiger partial charge in [0.15, 0.2) is 5.13 Å². The van der Waals surface area contributed by atoms with Crippen LogP contribution < -0.4 is 5.32 Å². The number of nitrogens with one attached hydrogen (secondary N) is 1. The minimum absolute atomic E-state index is 0. The highest BCUT2D eigenvalue weighted by Crippen LogP contribution is 2.13. The highest BCUT2D eigenvalue weighted by Gasteiger charge is 1.94. The largest absolute Gasteiger partial charge is 0.315 e. The summed E-state index contributed by atoms with van der Waals surface area (Å²) in [6.07, 6.45) is 0. The van der Waals surface area contributed by atoms with Gasteiger partial charge in [0, 0.05) is 11.4 Å². The number of hydrogen-bond acceptors (Lipinski definition) is 2. The van der Waals surface area contributed by atoms with Gasteiger partial charge in [0.1, 0.15) is 0 Å². The SMILES string of the molecule is CNCc1ccc(F)s1.Cl. The van der Waals surface area contributed by atoms with Crippen LogP contribution in [-0.2, 0) is 6.54 Å². The first-order valence-corrected chi connectivity index (χ1v) is 3.53. The lowest BCUT2D eigenvalue weighted by atomic mass is 10.5. The fourth-order valence-electron chi connectivity index (χ4n) is 0.621. The number of halogens is 2. The second-order valence-corrected chi connectivity index (χ2v) is 2.85. The molecule has 0 fully saturated rings. The van der Waals surface area contributed by atoms with Crippen LogP contribution in [0.2, 0.25) is 0 Å². The van der Waals surface area contributed by atoms with Crippen molar-refractivity contribution in [1.29, 1.82) is 0 Å². The molecule has 0 aliphatic heterocycles. The fourth-order valence-corrected chi connectivity index (χ4v) is 1.36. The Bertz CT molecular complexity index is 190. The Morgan fingerprint density at radius 3 is 2.70 bits per heavy atom. The van der Waals surface area contributed by atoms with E-state index in [9.17, 15) is 4.39 Å². The van der Waals surface area contributed by atoms with Crippen molar-refractivity contribution < 1.29 is 4.39 Å². The Morgan fingerprint density at radius 2 is 2.30 bits per heavy atom. The van der Waals surface area contributed by atoms with Crippen molar-refractivity contribution in [1.82, 2.24) is 5.32 Å². The van der Waals surface area contributed by atoms with Gasteiger partial charge in [-0.1, -0.05) is 0 Å². The molecule has 0 aliphatic carbocycles. The maximum absolute atomic E-state index is 12.2. The topological polar surface area (TPSA) is 12.0 Å². The highest BCUT2D eigenvalue weighted by molar-refractivity contribution is 7.10. The van der Waals surface area contributed by atoms with Crippen LogP contribution in [0.5, 0.6) is 0 Å². The average molecular weight is 182 g/mol. The van der Waals surface area contributed by atoms with E-state index in [2.05, 4.69) is 5.32 Å². The van der Waals surface area contributed by atoms with Gasteiger partial charge in [-0.05, 0) is 19.2 Å². The minimum Gasteiger partial charge on any atom is -0.315 e. The van der Waals surface area contributed by atoms with Gasteiger partial charge >= 0.3 is 0 Å². The Balaban J connectivity index is 0.000000810. The molecule has 58 valence electrons. The summed E-state index contributed by atoms with van der Waals surface area (Å²) in [6.45, 7) is 0.759. The van der Waals surface area contributed by atoms with Gasteiger partial charge in [-0.15, -0.1) is 23.7 Å². The fraction of sp³-hybridized carbons (Fsp3) is 0.333. The summed E-state index contributed by atoms with van der Waals surface area (Å²) in [7, 11) is 1.84. The number of rotatable bonds is 2. The molecule has 0 saturated heterocycles. The summed E-state index contributed by atoms with van der Waals surface area (Å²) < 4.78 is 12.2. The van der Waals surface area contributed by atoms with Gasteiger partial charge in [-0.2, -0.15) is 4.39 Å². The van der Waals surface area contributed by atoms with Gasteiger partial charge in [-0.25, -0.2) is 0 Å². The molecule has 0 saturated carbocycles. The molecule has 1 heterocycles. The Morgan fingerprint density at radius 1 is 1.60 bits per heavy atom. The van der Waals surface area contributed by atoms with Crippen molar-refractivity contribution in [3.05, 3.63) is 22.1 Å². The molecule has 1 N–H and O–H groups in total. The van der Waals surface area contributed by atoms with Crippen molar-refractivity contribution in [2.45, 2.75) is 6.54 Å². The van der Waals surface area contributed by atoms with E-state index in [0.717, 1.165) is 11.4 Å². The molecule has 0 aliphatic rings. The quantitative estimate of drug-likeness (QED) is 0.737. The van der Waals surface area contributed by atoms with Crippen LogP contribution in [0.4, 0.5) is 4.39 Å². The van der Waals surface area contributed by atoms with E-state index in [-0.39, 0.29) is 17.5 Å². The average Bonchev–Trinajstić information content (AvgIpc) is 2.17. The third-order valence-electron chi connectivity index (χ3n) is 0.980. The summed E-state index contributed by atoms with van der Waals surface area (Å²) in [6, 6.07) is 3.27. The minimum atomic E-state index is -0.111. The molecule has 0 amide bonds. The summed E-state index contributed by atoms with van der Waals surface area (Å²) in [5.41, 5.74) is 0. The Hall–Kier alpha value is -0.120. The maximum Gasteiger partial charge on any atom is 0.176 e. The zero-order valence-corrected chi connectivity index (χ0v) is 7.19. The Labute approximate surface area is 69.7 Å². The molecule has 1 nitrogen and oxygen atoms in total. The van der Waals surface area contributed by atoms with Crippen molar-refractivity contribution in [2.75, 3.05) is 7.05 Å². The van der Waals surface area contributed by atoms with E-state index < -0.39 is 0 Å². The molecule has 0 atom stereocenters. The molecule has 0 radical (unpaired) electrons. The van der Waals surface area contributed by atoms with Crippen molar-refractivity contribution in [3.8, 4) is 0 Å². The molecule has 1 aromatic rings. The summed E-state index contributed by atoms with van der Waals surface area (Å²) in [5, 5.41) is 2.83. The normalized spacial score (nSPS) is 9.00. The monoisotopic (exact) mass is 181 g/mol. The highest BCUT2D eigenvalue weighted by atomic mass is 35.5. The van der Waals surface area contributed by atoms with E-state index in [1.165, 1.54) is 17.4 Å². The van der Waals surface area contributed by atoms with E-state index in [4.69, 9.17) is 0 Å². The van der Waals surface area contributed by atoms with Crippen LogP contribution in [0, 0.1) is 5.13 Å². The molecule has 0 aromatic carbocycles. The second-order valence-electron chi connectivity index (χ2n) is 1.74.